The van der Waals surface area contributed by atoms with Gasteiger partial charge >= 0.3 is 5.97 Å². The first kappa shape index (κ1) is 14.4. The Morgan fingerprint density at radius 1 is 1.21 bits per heavy atom. The third kappa shape index (κ3) is 2.15. The van der Waals surface area contributed by atoms with Crippen LogP contribution in [0.5, 0.6) is 0 Å². The first-order chi connectivity index (χ1) is 8.79. The van der Waals surface area contributed by atoms with E-state index in [2.05, 4.69) is 13.8 Å². The van der Waals surface area contributed by atoms with Crippen LogP contribution < -0.4 is 0 Å². The maximum Gasteiger partial charge on any atom is 0.307 e. The maximum atomic E-state index is 12.5. The van der Waals surface area contributed by atoms with Crippen LogP contribution in [0.4, 0.5) is 0 Å². The summed E-state index contributed by atoms with van der Waals surface area (Å²) in [5.41, 5.74) is -0.125. The molecule has 1 saturated carbocycles. The molecule has 108 valence electrons. The minimum absolute atomic E-state index is 0.0566. The van der Waals surface area contributed by atoms with Gasteiger partial charge in [-0.2, -0.15) is 0 Å². The summed E-state index contributed by atoms with van der Waals surface area (Å²) in [6.07, 6.45) is 3.23. The predicted molar refractivity (Wildman–Crippen MR) is 72.6 cm³/mol. The fourth-order valence-corrected chi connectivity index (χ4v) is 3.71. The third-order valence-corrected chi connectivity index (χ3v) is 5.61. The van der Waals surface area contributed by atoms with Gasteiger partial charge in [-0.3, -0.25) is 9.59 Å². The van der Waals surface area contributed by atoms with E-state index in [0.29, 0.717) is 0 Å². The van der Waals surface area contributed by atoms with Crippen LogP contribution in [0, 0.1) is 22.7 Å². The molecule has 4 nitrogen and oxygen atoms in total. The zero-order valence-corrected chi connectivity index (χ0v) is 12.4. The third-order valence-electron chi connectivity index (χ3n) is 5.61. The highest BCUT2D eigenvalue weighted by Crippen LogP contribution is 2.59. The summed E-state index contributed by atoms with van der Waals surface area (Å²) in [6, 6.07) is 0. The monoisotopic (exact) mass is 267 g/mol. The summed E-state index contributed by atoms with van der Waals surface area (Å²) in [5.74, 6) is -1.60. The number of carbonyl (C=O) groups is 2. The molecule has 1 N–H and O–H groups in total. The first-order valence-corrected chi connectivity index (χ1v) is 7.30. The Kier molecular flexibility index (Phi) is 3.40. The lowest BCUT2D eigenvalue weighted by Gasteiger charge is -2.26. The second-order valence-electron chi connectivity index (χ2n) is 6.83. The van der Waals surface area contributed by atoms with Crippen LogP contribution in [-0.2, 0) is 9.59 Å². The van der Waals surface area contributed by atoms with Gasteiger partial charge in [0.2, 0.25) is 5.91 Å². The van der Waals surface area contributed by atoms with Crippen molar-refractivity contribution in [3.8, 4) is 0 Å². The molecule has 0 aromatic heterocycles. The molecule has 0 aromatic rings. The molecule has 0 aromatic carbocycles. The molecule has 19 heavy (non-hydrogen) atoms. The normalized spacial score (nSPS) is 31.3. The molecular formula is C15H25NO3. The SMILES string of the molecule is CCC1(CC)CCN(C(=O)[C@H]2[C@@H](C(=O)O)C2(C)C)C1. The van der Waals surface area contributed by atoms with Crippen molar-refractivity contribution in [1.29, 1.82) is 0 Å². The minimum atomic E-state index is -0.834. The molecule has 2 rings (SSSR count). The average Bonchev–Trinajstić information content (AvgIpc) is 2.75. The van der Waals surface area contributed by atoms with E-state index in [0.717, 1.165) is 32.4 Å². The topological polar surface area (TPSA) is 57.6 Å². The van der Waals surface area contributed by atoms with Crippen molar-refractivity contribution in [3.05, 3.63) is 0 Å². The van der Waals surface area contributed by atoms with Gasteiger partial charge in [0.05, 0.1) is 11.8 Å². The van der Waals surface area contributed by atoms with Gasteiger partial charge in [0.1, 0.15) is 0 Å². The Morgan fingerprint density at radius 3 is 2.16 bits per heavy atom. The zero-order valence-electron chi connectivity index (χ0n) is 12.4. The van der Waals surface area contributed by atoms with Gasteiger partial charge in [0.15, 0.2) is 0 Å². The maximum absolute atomic E-state index is 12.5. The fourth-order valence-electron chi connectivity index (χ4n) is 3.71. The molecule has 1 heterocycles. The summed E-state index contributed by atoms with van der Waals surface area (Å²) < 4.78 is 0. The molecule has 0 unspecified atom stereocenters. The molecule has 1 amide bonds. The number of carboxylic acid groups (broad SMARTS) is 1. The van der Waals surface area contributed by atoms with E-state index in [4.69, 9.17) is 0 Å². The van der Waals surface area contributed by atoms with Crippen LogP contribution in [0.15, 0.2) is 0 Å². The molecule has 1 aliphatic carbocycles. The quantitative estimate of drug-likeness (QED) is 0.850. The largest absolute Gasteiger partial charge is 0.481 e. The van der Waals surface area contributed by atoms with Crippen molar-refractivity contribution in [2.45, 2.75) is 47.0 Å². The van der Waals surface area contributed by atoms with Crippen LogP contribution in [0.3, 0.4) is 0 Å². The van der Waals surface area contributed by atoms with Crippen LogP contribution >= 0.6 is 0 Å². The second kappa shape index (κ2) is 4.50. The van der Waals surface area contributed by atoms with E-state index in [9.17, 15) is 14.7 Å². The molecule has 2 atom stereocenters. The number of aliphatic carboxylic acids is 1. The molecule has 1 aliphatic heterocycles. The number of rotatable bonds is 4. The van der Waals surface area contributed by atoms with Crippen LogP contribution in [0.1, 0.15) is 47.0 Å². The number of hydrogen-bond acceptors (Lipinski definition) is 2. The van der Waals surface area contributed by atoms with Crippen molar-refractivity contribution in [2.24, 2.45) is 22.7 Å². The van der Waals surface area contributed by atoms with E-state index in [1.54, 1.807) is 0 Å². The first-order valence-electron chi connectivity index (χ1n) is 7.30. The molecule has 0 radical (unpaired) electrons. The van der Waals surface area contributed by atoms with E-state index in [1.165, 1.54) is 0 Å². The molecule has 1 saturated heterocycles. The predicted octanol–water partition coefficient (Wildman–Crippen LogP) is 2.38. The summed E-state index contributed by atoms with van der Waals surface area (Å²) in [4.78, 5) is 25.6. The number of carbonyl (C=O) groups excluding carboxylic acids is 1. The summed E-state index contributed by atoms with van der Waals surface area (Å²) in [6.45, 7) is 9.73. The summed E-state index contributed by atoms with van der Waals surface area (Å²) in [7, 11) is 0. The van der Waals surface area contributed by atoms with Gasteiger partial charge in [-0.25, -0.2) is 0 Å². The van der Waals surface area contributed by atoms with E-state index >= 15 is 0 Å². The standard InChI is InChI=1S/C15H25NO3/c1-5-15(6-2)7-8-16(9-15)12(17)10-11(13(18)19)14(10,3)4/h10-11H,5-9H2,1-4H3,(H,18,19)/t10-,11+/m1/s1. The highest BCUT2D eigenvalue weighted by molar-refractivity contribution is 5.91. The molecule has 2 fully saturated rings. The Balaban J connectivity index is 2.06. The van der Waals surface area contributed by atoms with Crippen molar-refractivity contribution < 1.29 is 14.7 Å². The van der Waals surface area contributed by atoms with Crippen LogP contribution in [0.25, 0.3) is 0 Å². The van der Waals surface area contributed by atoms with Gasteiger partial charge in [0, 0.05) is 13.1 Å². The lowest BCUT2D eigenvalue weighted by atomic mass is 9.82. The number of likely N-dealkylation sites (tertiary alicyclic amines) is 1. The van der Waals surface area contributed by atoms with Gasteiger partial charge in [-0.05, 0) is 30.1 Å². The van der Waals surface area contributed by atoms with E-state index in [-0.39, 0.29) is 22.7 Å². The minimum Gasteiger partial charge on any atom is -0.481 e. The number of nitrogens with zero attached hydrogens (tertiary/aromatic N) is 1. The fraction of sp³-hybridized carbons (Fsp3) is 0.867. The summed E-state index contributed by atoms with van der Waals surface area (Å²) in [5, 5.41) is 9.18. The number of hydrogen-bond donors (Lipinski definition) is 1. The van der Waals surface area contributed by atoms with E-state index < -0.39 is 11.9 Å². The summed E-state index contributed by atoms with van der Waals surface area (Å²) >= 11 is 0. The highest BCUT2D eigenvalue weighted by Gasteiger charge is 2.67. The second-order valence-corrected chi connectivity index (χ2v) is 6.83. The van der Waals surface area contributed by atoms with E-state index in [1.807, 2.05) is 18.7 Å². The molecule has 0 spiro atoms. The van der Waals surface area contributed by atoms with Crippen molar-refractivity contribution in [3.63, 3.8) is 0 Å². The van der Waals surface area contributed by atoms with Crippen molar-refractivity contribution in [2.75, 3.05) is 13.1 Å². The molecule has 2 aliphatic rings. The lowest BCUT2D eigenvalue weighted by Crippen LogP contribution is -2.34. The number of carboxylic acids is 1. The Hall–Kier alpha value is -1.06. The smallest absolute Gasteiger partial charge is 0.307 e. The molecule has 4 heteroatoms. The molecular weight excluding hydrogens is 242 g/mol. The zero-order chi connectivity index (χ0) is 14.4. The Morgan fingerprint density at radius 2 is 1.79 bits per heavy atom. The van der Waals surface area contributed by atoms with Gasteiger partial charge < -0.3 is 10.0 Å². The average molecular weight is 267 g/mol. The van der Waals surface area contributed by atoms with Gasteiger partial charge in [-0.15, -0.1) is 0 Å². The highest BCUT2D eigenvalue weighted by atomic mass is 16.4. The van der Waals surface area contributed by atoms with Gasteiger partial charge in [-0.1, -0.05) is 27.7 Å². The van der Waals surface area contributed by atoms with Crippen molar-refractivity contribution in [1.82, 2.24) is 4.90 Å². The van der Waals surface area contributed by atoms with Gasteiger partial charge in [0.25, 0.3) is 0 Å². The number of amides is 1. The Bertz CT molecular complexity index is 398. The van der Waals surface area contributed by atoms with Crippen LogP contribution in [0.2, 0.25) is 0 Å². The lowest BCUT2D eigenvalue weighted by molar-refractivity contribution is -0.141. The molecule has 0 bridgehead atoms. The van der Waals surface area contributed by atoms with Crippen molar-refractivity contribution >= 4 is 11.9 Å². The Labute approximate surface area is 115 Å². The van der Waals surface area contributed by atoms with Crippen LogP contribution in [-0.4, -0.2) is 35.0 Å².